The van der Waals surface area contributed by atoms with E-state index in [2.05, 4.69) is 10.6 Å². The van der Waals surface area contributed by atoms with E-state index in [0.717, 1.165) is 9.87 Å². The maximum absolute atomic E-state index is 13.3. The number of hydrogen-bond acceptors (Lipinski definition) is 4. The van der Waals surface area contributed by atoms with Crippen LogP contribution in [0, 0.1) is 6.92 Å². The molecule has 0 saturated heterocycles. The predicted molar refractivity (Wildman–Crippen MR) is 127 cm³/mol. The number of carbonyl (C=O) groups is 2. The molecule has 0 aliphatic carbocycles. The molecule has 3 rings (SSSR count). The van der Waals surface area contributed by atoms with Crippen molar-refractivity contribution >= 4 is 50.5 Å². The average Bonchev–Trinajstić information content (AvgIpc) is 2.74. The minimum Gasteiger partial charge on any atom is -0.326 e. The topological polar surface area (TPSA) is 95.6 Å². The monoisotopic (exact) mass is 471 g/mol. The second kappa shape index (κ2) is 9.84. The SMILES string of the molecule is CC(=O)Nc1cccc(NC(=O)CN(c2ccc(C)c(Cl)c2)S(=O)(=O)c2ccccc2)c1. The Balaban J connectivity index is 1.91. The molecule has 32 heavy (non-hydrogen) atoms. The first kappa shape index (κ1) is 23.3. The van der Waals surface area contributed by atoms with Crippen LogP contribution in [0.5, 0.6) is 0 Å². The summed E-state index contributed by atoms with van der Waals surface area (Å²) in [5, 5.41) is 5.70. The number of halogens is 1. The number of nitrogens with zero attached hydrogens (tertiary/aromatic N) is 1. The molecular formula is C23H22ClN3O4S. The Hall–Kier alpha value is -3.36. The number of hydrogen-bond donors (Lipinski definition) is 2. The number of benzene rings is 3. The van der Waals surface area contributed by atoms with Gasteiger partial charge >= 0.3 is 0 Å². The molecule has 2 N–H and O–H groups in total. The lowest BCUT2D eigenvalue weighted by molar-refractivity contribution is -0.115. The van der Waals surface area contributed by atoms with E-state index in [1.54, 1.807) is 61.5 Å². The zero-order valence-corrected chi connectivity index (χ0v) is 19.1. The molecule has 7 nitrogen and oxygen atoms in total. The van der Waals surface area contributed by atoms with Crippen molar-refractivity contribution in [2.24, 2.45) is 0 Å². The number of carbonyl (C=O) groups excluding carboxylic acids is 2. The fourth-order valence-corrected chi connectivity index (χ4v) is 4.59. The molecule has 0 aliphatic heterocycles. The number of amides is 2. The van der Waals surface area contributed by atoms with Gasteiger partial charge in [-0.25, -0.2) is 8.42 Å². The third kappa shape index (κ3) is 5.66. The molecule has 0 aromatic heterocycles. The van der Waals surface area contributed by atoms with E-state index in [0.29, 0.717) is 16.4 Å². The summed E-state index contributed by atoms with van der Waals surface area (Å²) in [7, 11) is -4.04. The zero-order chi connectivity index (χ0) is 23.3. The Morgan fingerprint density at radius 1 is 0.906 bits per heavy atom. The summed E-state index contributed by atoms with van der Waals surface area (Å²) in [6.07, 6.45) is 0. The third-order valence-electron chi connectivity index (χ3n) is 4.53. The van der Waals surface area contributed by atoms with Crippen molar-refractivity contribution in [3.63, 3.8) is 0 Å². The first-order valence-electron chi connectivity index (χ1n) is 9.68. The second-order valence-electron chi connectivity index (χ2n) is 7.07. The molecule has 0 aliphatic rings. The third-order valence-corrected chi connectivity index (χ3v) is 6.72. The Kier molecular flexibility index (Phi) is 7.17. The Morgan fingerprint density at radius 2 is 1.56 bits per heavy atom. The van der Waals surface area contributed by atoms with Crippen LogP contribution in [-0.2, 0) is 19.6 Å². The molecule has 0 saturated carbocycles. The van der Waals surface area contributed by atoms with Gasteiger partial charge in [-0.05, 0) is 55.0 Å². The molecule has 0 bridgehead atoms. The molecule has 166 valence electrons. The van der Waals surface area contributed by atoms with E-state index in [1.807, 2.05) is 0 Å². The number of nitrogens with one attached hydrogen (secondary N) is 2. The maximum atomic E-state index is 13.3. The normalized spacial score (nSPS) is 11.0. The van der Waals surface area contributed by atoms with Gasteiger partial charge in [0.05, 0.1) is 10.6 Å². The molecule has 0 fully saturated rings. The zero-order valence-electron chi connectivity index (χ0n) is 17.5. The summed E-state index contributed by atoms with van der Waals surface area (Å²) in [5.41, 5.74) is 1.98. The van der Waals surface area contributed by atoms with Crippen molar-refractivity contribution in [1.82, 2.24) is 0 Å². The van der Waals surface area contributed by atoms with Crippen LogP contribution in [0.1, 0.15) is 12.5 Å². The van der Waals surface area contributed by atoms with Crippen molar-refractivity contribution in [1.29, 1.82) is 0 Å². The van der Waals surface area contributed by atoms with Gasteiger partial charge in [-0.15, -0.1) is 0 Å². The molecule has 9 heteroatoms. The lowest BCUT2D eigenvalue weighted by Gasteiger charge is -2.24. The number of aryl methyl sites for hydroxylation is 1. The van der Waals surface area contributed by atoms with Crippen molar-refractivity contribution in [3.05, 3.63) is 83.4 Å². The molecule has 3 aromatic rings. The molecule has 0 atom stereocenters. The largest absolute Gasteiger partial charge is 0.326 e. The van der Waals surface area contributed by atoms with Crippen LogP contribution in [0.2, 0.25) is 5.02 Å². The highest BCUT2D eigenvalue weighted by molar-refractivity contribution is 7.92. The first-order chi connectivity index (χ1) is 15.2. The summed E-state index contributed by atoms with van der Waals surface area (Å²) in [6.45, 7) is 2.71. The minimum atomic E-state index is -4.04. The average molecular weight is 472 g/mol. The van der Waals surface area contributed by atoms with Crippen molar-refractivity contribution in [2.45, 2.75) is 18.7 Å². The maximum Gasteiger partial charge on any atom is 0.264 e. The highest BCUT2D eigenvalue weighted by Gasteiger charge is 2.27. The van der Waals surface area contributed by atoms with Crippen molar-refractivity contribution in [3.8, 4) is 0 Å². The van der Waals surface area contributed by atoms with Crippen LogP contribution in [-0.4, -0.2) is 26.8 Å². The molecule has 2 amide bonds. The van der Waals surface area contributed by atoms with Crippen LogP contribution in [0.25, 0.3) is 0 Å². The van der Waals surface area contributed by atoms with Gasteiger partial charge < -0.3 is 10.6 Å². The highest BCUT2D eigenvalue weighted by atomic mass is 35.5. The lowest BCUT2D eigenvalue weighted by Crippen LogP contribution is -2.38. The smallest absolute Gasteiger partial charge is 0.264 e. The molecule has 0 heterocycles. The van der Waals surface area contributed by atoms with Crippen LogP contribution in [0.3, 0.4) is 0 Å². The van der Waals surface area contributed by atoms with Crippen molar-refractivity contribution < 1.29 is 18.0 Å². The van der Waals surface area contributed by atoms with Crippen molar-refractivity contribution in [2.75, 3.05) is 21.5 Å². The van der Waals surface area contributed by atoms with E-state index >= 15 is 0 Å². The van der Waals surface area contributed by atoms with Gasteiger partial charge in [-0.3, -0.25) is 13.9 Å². The summed E-state index contributed by atoms with van der Waals surface area (Å²) in [5.74, 6) is -0.800. The number of anilines is 3. The molecule has 0 radical (unpaired) electrons. The van der Waals surface area contributed by atoms with Gasteiger partial charge in [0.15, 0.2) is 0 Å². The predicted octanol–water partition coefficient (Wildman–Crippen LogP) is 4.44. The van der Waals surface area contributed by atoms with Crippen LogP contribution in [0.15, 0.2) is 77.7 Å². The molecule has 0 unspecified atom stereocenters. The summed E-state index contributed by atoms with van der Waals surface area (Å²) in [6, 6.07) is 19.2. The number of rotatable bonds is 7. The Morgan fingerprint density at radius 3 is 2.19 bits per heavy atom. The lowest BCUT2D eigenvalue weighted by atomic mass is 10.2. The van der Waals surface area contributed by atoms with E-state index in [9.17, 15) is 18.0 Å². The first-order valence-corrected chi connectivity index (χ1v) is 11.5. The van der Waals surface area contributed by atoms with Gasteiger partial charge in [-0.1, -0.05) is 41.9 Å². The second-order valence-corrected chi connectivity index (χ2v) is 9.34. The fraction of sp³-hybridized carbons (Fsp3) is 0.130. The Bertz CT molecular complexity index is 1250. The standard InChI is InChI=1S/C23H22ClN3O4S/c1-16-11-12-20(14-22(16)24)27(32(30,31)21-9-4-3-5-10-21)15-23(29)26-19-8-6-7-18(13-19)25-17(2)28/h3-14H,15H2,1-2H3,(H,25,28)(H,26,29). The summed E-state index contributed by atoms with van der Waals surface area (Å²) in [4.78, 5) is 24.1. The molecular weight excluding hydrogens is 450 g/mol. The molecule has 3 aromatic carbocycles. The van der Waals surface area contributed by atoms with Gasteiger partial charge in [0.1, 0.15) is 6.54 Å². The summed E-state index contributed by atoms with van der Waals surface area (Å²) >= 11 is 6.22. The van der Waals surface area contributed by atoms with Crippen LogP contribution >= 0.6 is 11.6 Å². The van der Waals surface area contributed by atoms with E-state index in [1.165, 1.54) is 25.1 Å². The van der Waals surface area contributed by atoms with Gasteiger partial charge in [-0.2, -0.15) is 0 Å². The fourth-order valence-electron chi connectivity index (χ4n) is 2.98. The van der Waals surface area contributed by atoms with Crippen LogP contribution in [0.4, 0.5) is 17.1 Å². The van der Waals surface area contributed by atoms with Gasteiger partial charge in [0.25, 0.3) is 10.0 Å². The quantitative estimate of drug-likeness (QED) is 0.532. The van der Waals surface area contributed by atoms with E-state index < -0.39 is 22.5 Å². The molecule has 0 spiro atoms. The Labute approximate surface area is 192 Å². The van der Waals surface area contributed by atoms with Gasteiger partial charge in [0.2, 0.25) is 11.8 Å². The van der Waals surface area contributed by atoms with E-state index in [4.69, 9.17) is 11.6 Å². The van der Waals surface area contributed by atoms with Gasteiger partial charge in [0, 0.05) is 23.3 Å². The highest BCUT2D eigenvalue weighted by Crippen LogP contribution is 2.28. The summed E-state index contributed by atoms with van der Waals surface area (Å²) < 4.78 is 27.7. The van der Waals surface area contributed by atoms with E-state index in [-0.39, 0.29) is 16.5 Å². The minimum absolute atomic E-state index is 0.0529. The van der Waals surface area contributed by atoms with Crippen LogP contribution < -0.4 is 14.9 Å². The number of sulfonamides is 1.